The van der Waals surface area contributed by atoms with Crippen molar-refractivity contribution in [1.29, 1.82) is 0 Å². The second-order valence-electron chi connectivity index (χ2n) is 3.74. The molecule has 0 N–H and O–H groups in total. The highest BCUT2D eigenvalue weighted by Gasteiger charge is 2.14. The summed E-state index contributed by atoms with van der Waals surface area (Å²) in [7, 11) is 0. The quantitative estimate of drug-likeness (QED) is 0.623. The van der Waals surface area contributed by atoms with E-state index in [1.807, 2.05) is 6.20 Å². The van der Waals surface area contributed by atoms with E-state index in [-0.39, 0.29) is 0 Å². The first-order valence-electron chi connectivity index (χ1n) is 5.02. The Morgan fingerprint density at radius 1 is 1.14 bits per heavy atom. The Morgan fingerprint density at radius 2 is 1.93 bits per heavy atom. The molecular weight excluding hydrogens is 172 g/mol. The van der Waals surface area contributed by atoms with Gasteiger partial charge in [-0.05, 0) is 18.9 Å². The molecule has 1 aromatic carbocycles. The molecule has 1 aromatic heterocycles. The van der Waals surface area contributed by atoms with Crippen molar-refractivity contribution in [3.05, 3.63) is 42.6 Å². The molecule has 0 saturated carbocycles. The maximum atomic E-state index is 4.45. The monoisotopic (exact) mass is 184 g/mol. The van der Waals surface area contributed by atoms with Gasteiger partial charge in [0.15, 0.2) is 0 Å². The molecule has 0 spiro atoms. The molecule has 0 amide bonds. The predicted octanol–water partition coefficient (Wildman–Crippen LogP) is 2.93. The van der Waals surface area contributed by atoms with Crippen LogP contribution in [0.4, 0.5) is 0 Å². The SMILES string of the molecule is C1=CCC(n2ncc3ccccc32)C1. The van der Waals surface area contributed by atoms with E-state index in [4.69, 9.17) is 0 Å². The normalized spacial score (nSPS) is 16.9. The van der Waals surface area contributed by atoms with Gasteiger partial charge in [-0.25, -0.2) is 0 Å². The molecule has 70 valence electrons. The highest BCUT2D eigenvalue weighted by Crippen LogP contribution is 2.26. The van der Waals surface area contributed by atoms with Crippen LogP contribution in [0.1, 0.15) is 18.9 Å². The van der Waals surface area contributed by atoms with Gasteiger partial charge in [-0.2, -0.15) is 5.10 Å². The highest BCUT2D eigenvalue weighted by atomic mass is 15.3. The Hall–Kier alpha value is -1.57. The number of hydrogen-bond donors (Lipinski definition) is 0. The molecule has 0 bridgehead atoms. The van der Waals surface area contributed by atoms with Crippen LogP contribution in [0.3, 0.4) is 0 Å². The van der Waals surface area contributed by atoms with Crippen LogP contribution in [0.5, 0.6) is 0 Å². The maximum Gasteiger partial charge on any atom is 0.0685 e. The second kappa shape index (κ2) is 2.98. The molecule has 3 rings (SSSR count). The summed E-state index contributed by atoms with van der Waals surface area (Å²) in [6, 6.07) is 8.92. The van der Waals surface area contributed by atoms with Gasteiger partial charge in [0, 0.05) is 5.39 Å². The van der Waals surface area contributed by atoms with Crippen LogP contribution in [0.15, 0.2) is 42.6 Å². The lowest BCUT2D eigenvalue weighted by Gasteiger charge is -2.10. The van der Waals surface area contributed by atoms with Crippen molar-refractivity contribution in [1.82, 2.24) is 9.78 Å². The number of fused-ring (bicyclic) bond motifs is 1. The topological polar surface area (TPSA) is 17.8 Å². The second-order valence-corrected chi connectivity index (χ2v) is 3.74. The number of allylic oxidation sites excluding steroid dienone is 2. The molecular formula is C12H12N2. The fraction of sp³-hybridized carbons (Fsp3) is 0.250. The van der Waals surface area contributed by atoms with E-state index in [1.165, 1.54) is 10.9 Å². The number of nitrogens with zero attached hydrogens (tertiary/aromatic N) is 2. The molecule has 0 unspecified atom stereocenters. The Kier molecular flexibility index (Phi) is 1.66. The van der Waals surface area contributed by atoms with Crippen molar-refractivity contribution in [3.63, 3.8) is 0 Å². The standard InChI is InChI=1S/C12H12N2/c1-4-8-12-10(5-1)9-13-14(12)11-6-2-3-7-11/h1-5,8-9,11H,6-7H2. The number of para-hydroxylation sites is 1. The van der Waals surface area contributed by atoms with Crippen LogP contribution in [0.2, 0.25) is 0 Å². The molecule has 0 saturated heterocycles. The van der Waals surface area contributed by atoms with Crippen LogP contribution < -0.4 is 0 Å². The van der Waals surface area contributed by atoms with Gasteiger partial charge < -0.3 is 0 Å². The minimum Gasteiger partial charge on any atom is -0.261 e. The molecule has 2 aromatic rings. The van der Waals surface area contributed by atoms with E-state index in [0.717, 1.165) is 12.8 Å². The molecule has 2 nitrogen and oxygen atoms in total. The number of benzene rings is 1. The smallest absolute Gasteiger partial charge is 0.0685 e. The highest BCUT2D eigenvalue weighted by molar-refractivity contribution is 5.78. The zero-order valence-corrected chi connectivity index (χ0v) is 7.93. The van der Waals surface area contributed by atoms with Gasteiger partial charge in [-0.1, -0.05) is 30.4 Å². The summed E-state index contributed by atoms with van der Waals surface area (Å²) in [6.07, 6.45) is 8.66. The lowest BCUT2D eigenvalue weighted by molar-refractivity contribution is 0.496. The fourth-order valence-electron chi connectivity index (χ4n) is 2.09. The third-order valence-electron chi connectivity index (χ3n) is 2.83. The zero-order chi connectivity index (χ0) is 9.38. The number of rotatable bonds is 1. The third-order valence-corrected chi connectivity index (χ3v) is 2.83. The van der Waals surface area contributed by atoms with Crippen molar-refractivity contribution in [3.8, 4) is 0 Å². The van der Waals surface area contributed by atoms with Gasteiger partial charge in [0.2, 0.25) is 0 Å². The lowest BCUT2D eigenvalue weighted by Crippen LogP contribution is -2.06. The van der Waals surface area contributed by atoms with Gasteiger partial charge >= 0.3 is 0 Å². The van der Waals surface area contributed by atoms with Gasteiger partial charge in [-0.15, -0.1) is 0 Å². The van der Waals surface area contributed by atoms with Gasteiger partial charge in [0.1, 0.15) is 0 Å². The first kappa shape index (κ1) is 7.80. The molecule has 1 aliphatic rings. The average Bonchev–Trinajstić information content (AvgIpc) is 2.85. The van der Waals surface area contributed by atoms with Crippen molar-refractivity contribution < 1.29 is 0 Å². The van der Waals surface area contributed by atoms with E-state index >= 15 is 0 Å². The molecule has 0 aliphatic heterocycles. The van der Waals surface area contributed by atoms with E-state index in [0.29, 0.717) is 6.04 Å². The fourth-order valence-corrected chi connectivity index (χ4v) is 2.09. The molecule has 0 fully saturated rings. The van der Waals surface area contributed by atoms with Crippen molar-refractivity contribution in [2.75, 3.05) is 0 Å². The average molecular weight is 184 g/mol. The van der Waals surface area contributed by atoms with Crippen LogP contribution in [0.25, 0.3) is 10.9 Å². The van der Waals surface area contributed by atoms with E-state index < -0.39 is 0 Å². The Morgan fingerprint density at radius 3 is 2.79 bits per heavy atom. The first-order valence-corrected chi connectivity index (χ1v) is 5.02. The molecule has 0 atom stereocenters. The Bertz CT molecular complexity index is 474. The number of hydrogen-bond acceptors (Lipinski definition) is 1. The third kappa shape index (κ3) is 1.07. The lowest BCUT2D eigenvalue weighted by atomic mass is 10.2. The Balaban J connectivity index is 2.12. The van der Waals surface area contributed by atoms with E-state index in [2.05, 4.69) is 46.2 Å². The van der Waals surface area contributed by atoms with Gasteiger partial charge in [-0.3, -0.25) is 4.68 Å². The summed E-state index contributed by atoms with van der Waals surface area (Å²) in [6.45, 7) is 0. The van der Waals surface area contributed by atoms with Crippen LogP contribution >= 0.6 is 0 Å². The summed E-state index contributed by atoms with van der Waals surface area (Å²) < 4.78 is 2.15. The van der Waals surface area contributed by atoms with Crippen LogP contribution in [-0.4, -0.2) is 9.78 Å². The summed E-state index contributed by atoms with van der Waals surface area (Å²) >= 11 is 0. The summed E-state index contributed by atoms with van der Waals surface area (Å²) in [5.41, 5.74) is 1.25. The Labute approximate surface area is 82.8 Å². The molecule has 1 aliphatic carbocycles. The van der Waals surface area contributed by atoms with Crippen molar-refractivity contribution in [2.45, 2.75) is 18.9 Å². The van der Waals surface area contributed by atoms with Crippen molar-refractivity contribution >= 4 is 10.9 Å². The zero-order valence-electron chi connectivity index (χ0n) is 7.93. The van der Waals surface area contributed by atoms with E-state index in [1.54, 1.807) is 0 Å². The maximum absolute atomic E-state index is 4.45. The van der Waals surface area contributed by atoms with Crippen molar-refractivity contribution in [2.24, 2.45) is 0 Å². The summed E-state index contributed by atoms with van der Waals surface area (Å²) in [4.78, 5) is 0. The van der Waals surface area contributed by atoms with Gasteiger partial charge in [0.05, 0.1) is 17.8 Å². The van der Waals surface area contributed by atoms with Crippen LogP contribution in [0, 0.1) is 0 Å². The minimum atomic E-state index is 0.537. The molecule has 14 heavy (non-hydrogen) atoms. The molecule has 2 heteroatoms. The predicted molar refractivity (Wildman–Crippen MR) is 57.1 cm³/mol. The number of aromatic nitrogens is 2. The van der Waals surface area contributed by atoms with Gasteiger partial charge in [0.25, 0.3) is 0 Å². The minimum absolute atomic E-state index is 0.537. The molecule has 1 heterocycles. The summed E-state index contributed by atoms with van der Waals surface area (Å²) in [5, 5.41) is 5.69. The summed E-state index contributed by atoms with van der Waals surface area (Å²) in [5.74, 6) is 0. The first-order chi connectivity index (χ1) is 6.95. The van der Waals surface area contributed by atoms with Crippen LogP contribution in [-0.2, 0) is 0 Å². The largest absolute Gasteiger partial charge is 0.261 e. The van der Waals surface area contributed by atoms with E-state index in [9.17, 15) is 0 Å². The molecule has 0 radical (unpaired) electrons.